The number of hydrogen-bond donors (Lipinski definition) is 1. The van der Waals surface area contributed by atoms with Gasteiger partial charge in [-0.3, -0.25) is 9.48 Å². The second kappa shape index (κ2) is 7.04. The molecule has 0 aromatic carbocycles. The summed E-state index contributed by atoms with van der Waals surface area (Å²) in [6, 6.07) is 2.20. The van der Waals surface area contributed by atoms with Gasteiger partial charge in [0.15, 0.2) is 0 Å². The number of rotatable bonds is 3. The number of aromatic nitrogens is 2. The molecular weight excluding hydrogens is 324 g/mol. The molecule has 2 N–H and O–H groups in total. The number of likely N-dealkylation sites (tertiary alicyclic amines) is 1. The van der Waals surface area contributed by atoms with Crippen molar-refractivity contribution in [1.29, 1.82) is 0 Å². The molecule has 5 nitrogen and oxygen atoms in total. The van der Waals surface area contributed by atoms with Crippen molar-refractivity contribution in [3.05, 3.63) is 18.5 Å². The van der Waals surface area contributed by atoms with Crippen LogP contribution < -0.4 is 5.73 Å². The number of carbonyl (C=O) groups excluding carboxylic acids is 1. The lowest BCUT2D eigenvalue weighted by Crippen LogP contribution is -2.48. The van der Waals surface area contributed by atoms with E-state index in [1.54, 1.807) is 0 Å². The van der Waals surface area contributed by atoms with Crippen LogP contribution in [0.3, 0.4) is 0 Å². The van der Waals surface area contributed by atoms with E-state index in [9.17, 15) is 4.79 Å². The van der Waals surface area contributed by atoms with Crippen molar-refractivity contribution < 1.29 is 4.79 Å². The summed E-state index contributed by atoms with van der Waals surface area (Å²) in [5.41, 5.74) is 6.47. The molecule has 134 valence electrons. The Kier molecular flexibility index (Phi) is 5.21. The van der Waals surface area contributed by atoms with Crippen LogP contribution in [0.15, 0.2) is 18.5 Å². The van der Waals surface area contributed by atoms with Gasteiger partial charge in [-0.25, -0.2) is 0 Å². The largest absolute Gasteiger partial charge is 0.342 e. The van der Waals surface area contributed by atoms with E-state index in [-0.39, 0.29) is 29.9 Å². The second-order valence-electron chi connectivity index (χ2n) is 7.78. The van der Waals surface area contributed by atoms with Gasteiger partial charge in [-0.1, -0.05) is 12.8 Å². The highest BCUT2D eigenvalue weighted by molar-refractivity contribution is 5.85. The van der Waals surface area contributed by atoms with Gasteiger partial charge in [-0.2, -0.15) is 5.10 Å². The highest BCUT2D eigenvalue weighted by Gasteiger charge is 2.47. The highest BCUT2D eigenvalue weighted by atomic mass is 35.5. The first-order chi connectivity index (χ1) is 11.2. The van der Waals surface area contributed by atoms with Gasteiger partial charge >= 0.3 is 0 Å². The minimum Gasteiger partial charge on any atom is -0.342 e. The summed E-state index contributed by atoms with van der Waals surface area (Å²) in [6.07, 6.45) is 12.8. The predicted molar refractivity (Wildman–Crippen MR) is 95.9 cm³/mol. The number of carbonyl (C=O) groups is 1. The minimum atomic E-state index is 0. The lowest BCUT2D eigenvalue weighted by Gasteiger charge is -2.39. The van der Waals surface area contributed by atoms with Gasteiger partial charge in [-0.15, -0.1) is 12.4 Å². The number of halogens is 1. The number of hydrogen-bond acceptors (Lipinski definition) is 3. The quantitative estimate of drug-likeness (QED) is 0.909. The van der Waals surface area contributed by atoms with E-state index in [0.29, 0.717) is 11.8 Å². The van der Waals surface area contributed by atoms with Crippen LogP contribution in [0.25, 0.3) is 0 Å². The lowest BCUT2D eigenvalue weighted by atomic mass is 9.82. The summed E-state index contributed by atoms with van der Waals surface area (Å²) in [5.74, 6) is 1.08. The molecule has 4 rings (SSSR count). The van der Waals surface area contributed by atoms with Crippen molar-refractivity contribution in [2.24, 2.45) is 17.6 Å². The van der Waals surface area contributed by atoms with Gasteiger partial charge < -0.3 is 10.6 Å². The van der Waals surface area contributed by atoms with Crippen molar-refractivity contribution in [3.63, 3.8) is 0 Å². The smallest absolute Gasteiger partial charge is 0.227 e. The molecule has 2 aliphatic carbocycles. The Balaban J connectivity index is 0.00000169. The van der Waals surface area contributed by atoms with Crippen LogP contribution in [0.2, 0.25) is 0 Å². The molecule has 1 aliphatic heterocycles. The molecule has 3 fully saturated rings. The molecular formula is C18H29ClN4O. The Bertz CT molecular complexity index is 549. The monoisotopic (exact) mass is 352 g/mol. The van der Waals surface area contributed by atoms with Gasteiger partial charge in [0, 0.05) is 31.0 Å². The molecule has 0 spiro atoms. The van der Waals surface area contributed by atoms with Crippen molar-refractivity contribution in [2.75, 3.05) is 13.1 Å². The van der Waals surface area contributed by atoms with Crippen molar-refractivity contribution in [2.45, 2.75) is 62.9 Å². The third kappa shape index (κ3) is 3.33. The molecule has 2 saturated carbocycles. The van der Waals surface area contributed by atoms with Crippen molar-refractivity contribution in [1.82, 2.24) is 14.7 Å². The van der Waals surface area contributed by atoms with E-state index >= 15 is 0 Å². The predicted octanol–water partition coefficient (Wildman–Crippen LogP) is 2.77. The minimum absolute atomic E-state index is 0. The van der Waals surface area contributed by atoms with Crippen molar-refractivity contribution >= 4 is 18.3 Å². The molecule has 3 aliphatic rings. The lowest BCUT2D eigenvalue weighted by molar-refractivity contribution is -0.140. The maximum Gasteiger partial charge on any atom is 0.227 e. The average molecular weight is 353 g/mol. The molecule has 6 heteroatoms. The molecule has 1 aromatic heterocycles. The number of nitrogens with zero attached hydrogens (tertiary/aromatic N) is 3. The van der Waals surface area contributed by atoms with Crippen LogP contribution in [0.5, 0.6) is 0 Å². The van der Waals surface area contributed by atoms with Crippen LogP contribution in [0.1, 0.15) is 57.4 Å². The Hall–Kier alpha value is -1.07. The Morgan fingerprint density at radius 2 is 1.83 bits per heavy atom. The molecule has 1 aromatic rings. The Morgan fingerprint density at radius 3 is 2.46 bits per heavy atom. The topological polar surface area (TPSA) is 64.2 Å². The van der Waals surface area contributed by atoms with E-state index in [0.717, 1.165) is 45.2 Å². The number of amides is 1. The normalized spacial score (nSPS) is 29.8. The summed E-state index contributed by atoms with van der Waals surface area (Å²) in [7, 11) is 0. The first-order valence-electron chi connectivity index (χ1n) is 9.24. The molecule has 24 heavy (non-hydrogen) atoms. The maximum atomic E-state index is 13.1. The van der Waals surface area contributed by atoms with Gasteiger partial charge in [0.05, 0.1) is 12.0 Å². The van der Waals surface area contributed by atoms with Gasteiger partial charge in [-0.05, 0) is 50.5 Å². The van der Waals surface area contributed by atoms with Gasteiger partial charge in [0.25, 0.3) is 0 Å². The van der Waals surface area contributed by atoms with Crippen molar-refractivity contribution in [3.8, 4) is 0 Å². The SMILES string of the molecule is Cl.NC1(C2CCN(C(=O)C3CCCCC3n3cccn3)CC2)CC1. The van der Waals surface area contributed by atoms with E-state index in [1.165, 1.54) is 19.3 Å². The summed E-state index contributed by atoms with van der Waals surface area (Å²) in [4.78, 5) is 15.2. The zero-order valence-corrected chi connectivity index (χ0v) is 15.1. The zero-order valence-electron chi connectivity index (χ0n) is 14.3. The van der Waals surface area contributed by atoms with Crippen LogP contribution >= 0.6 is 12.4 Å². The third-order valence-corrected chi connectivity index (χ3v) is 6.36. The maximum absolute atomic E-state index is 13.1. The molecule has 1 amide bonds. The standard InChI is InChI=1S/C18H28N4O.ClH/c19-18(8-9-18)14-6-12-21(13-7-14)17(23)15-4-1-2-5-16(15)22-11-3-10-20-22;/h3,10-11,14-16H,1-2,4-9,12-13,19H2;1H. The molecule has 2 heterocycles. The fourth-order valence-corrected chi connectivity index (χ4v) is 4.65. The Morgan fingerprint density at radius 1 is 1.12 bits per heavy atom. The second-order valence-corrected chi connectivity index (χ2v) is 7.78. The molecule has 2 unspecified atom stereocenters. The summed E-state index contributed by atoms with van der Waals surface area (Å²) < 4.78 is 2.01. The van der Waals surface area contributed by atoms with Gasteiger partial charge in [0.1, 0.15) is 0 Å². The van der Waals surface area contributed by atoms with Crippen LogP contribution in [-0.2, 0) is 4.79 Å². The van der Waals surface area contributed by atoms with Crippen LogP contribution in [0.4, 0.5) is 0 Å². The summed E-state index contributed by atoms with van der Waals surface area (Å²) in [6.45, 7) is 1.79. The third-order valence-electron chi connectivity index (χ3n) is 6.36. The summed E-state index contributed by atoms with van der Waals surface area (Å²) >= 11 is 0. The van der Waals surface area contributed by atoms with E-state index in [2.05, 4.69) is 10.00 Å². The molecule has 0 radical (unpaired) electrons. The fourth-order valence-electron chi connectivity index (χ4n) is 4.65. The molecule has 1 saturated heterocycles. The van der Waals surface area contributed by atoms with Gasteiger partial charge in [0.2, 0.25) is 5.91 Å². The van der Waals surface area contributed by atoms with Crippen LogP contribution in [-0.4, -0.2) is 39.2 Å². The highest BCUT2D eigenvalue weighted by Crippen LogP contribution is 2.44. The first-order valence-corrected chi connectivity index (χ1v) is 9.24. The number of piperidine rings is 1. The Labute approximate surface area is 150 Å². The average Bonchev–Trinajstić information content (AvgIpc) is 3.13. The molecule has 2 atom stereocenters. The van der Waals surface area contributed by atoms with E-state index < -0.39 is 0 Å². The van der Waals surface area contributed by atoms with Crippen LogP contribution in [0, 0.1) is 11.8 Å². The van der Waals surface area contributed by atoms with E-state index in [4.69, 9.17) is 5.73 Å². The first kappa shape index (κ1) is 17.7. The fraction of sp³-hybridized carbons (Fsp3) is 0.778. The number of nitrogens with two attached hydrogens (primary N) is 1. The molecule has 0 bridgehead atoms. The zero-order chi connectivity index (χ0) is 15.9. The summed E-state index contributed by atoms with van der Waals surface area (Å²) in [5, 5.41) is 4.40. The van der Waals surface area contributed by atoms with E-state index in [1.807, 2.05) is 23.1 Å².